The molecule has 2 rings (SSSR count). The largest absolute Gasteiger partial charge is 0.390 e. The maximum atomic E-state index is 9.48. The third-order valence-electron chi connectivity index (χ3n) is 2.10. The molecule has 3 N–H and O–H groups in total. The highest BCUT2D eigenvalue weighted by Gasteiger charge is 2.24. The summed E-state index contributed by atoms with van der Waals surface area (Å²) in [7, 11) is 0. The van der Waals surface area contributed by atoms with Crippen LogP contribution in [0.3, 0.4) is 0 Å². The molecule has 1 heterocycles. The lowest BCUT2D eigenvalue weighted by Crippen LogP contribution is -2.31. The van der Waals surface area contributed by atoms with Crippen molar-refractivity contribution in [3.05, 3.63) is 29.8 Å². The van der Waals surface area contributed by atoms with Crippen LogP contribution in [0.25, 0.3) is 0 Å². The predicted octanol–water partition coefficient (Wildman–Crippen LogP) is 1.15. The van der Waals surface area contributed by atoms with Crippen LogP contribution in [-0.2, 0) is 0 Å². The molecule has 2 nitrogen and oxygen atoms in total. The maximum Gasteiger partial charge on any atom is 0.0826 e. The second-order valence-corrected chi connectivity index (χ2v) is 4.00. The Balaban J connectivity index is 2.42. The van der Waals surface area contributed by atoms with E-state index >= 15 is 0 Å². The van der Waals surface area contributed by atoms with Gasteiger partial charge in [0.15, 0.2) is 0 Å². The van der Waals surface area contributed by atoms with Gasteiger partial charge in [-0.3, -0.25) is 0 Å². The van der Waals surface area contributed by atoms with Crippen molar-refractivity contribution < 1.29 is 5.11 Å². The predicted molar refractivity (Wildman–Crippen MR) is 50.1 cm³/mol. The molecule has 3 heteroatoms. The highest BCUT2D eigenvalue weighted by molar-refractivity contribution is 7.99. The summed E-state index contributed by atoms with van der Waals surface area (Å²) in [4.78, 5) is 1.20. The normalized spacial score (nSPS) is 28.2. The minimum atomic E-state index is -0.398. The standard InChI is InChI=1S/C9H11NOS/c10-9-6-3-1-2-4-8(6)12-5-7(9)11/h1-4,7,9,11H,5,10H2/t7-,9+/m0/s1. The third kappa shape index (κ3) is 1.24. The molecular weight excluding hydrogens is 170 g/mol. The molecule has 1 aromatic rings. The van der Waals surface area contributed by atoms with Crippen LogP contribution in [0.2, 0.25) is 0 Å². The number of aliphatic hydroxyl groups is 1. The van der Waals surface area contributed by atoms with Crippen molar-refractivity contribution in [3.8, 4) is 0 Å². The highest BCUT2D eigenvalue weighted by Crippen LogP contribution is 2.34. The Morgan fingerprint density at radius 1 is 1.42 bits per heavy atom. The summed E-state index contributed by atoms with van der Waals surface area (Å²) < 4.78 is 0. The van der Waals surface area contributed by atoms with E-state index in [0.717, 1.165) is 5.56 Å². The van der Waals surface area contributed by atoms with Crippen LogP contribution in [0.1, 0.15) is 11.6 Å². The van der Waals surface area contributed by atoms with Crippen molar-refractivity contribution in [3.63, 3.8) is 0 Å². The number of hydrogen-bond donors (Lipinski definition) is 2. The van der Waals surface area contributed by atoms with Gasteiger partial charge >= 0.3 is 0 Å². The van der Waals surface area contributed by atoms with Gasteiger partial charge in [0.05, 0.1) is 12.1 Å². The van der Waals surface area contributed by atoms with Crippen molar-refractivity contribution in [2.75, 3.05) is 5.75 Å². The second-order valence-electron chi connectivity index (χ2n) is 2.94. The van der Waals surface area contributed by atoms with Gasteiger partial charge in [0.25, 0.3) is 0 Å². The van der Waals surface area contributed by atoms with E-state index in [4.69, 9.17) is 5.73 Å². The van der Waals surface area contributed by atoms with Gasteiger partial charge in [-0.1, -0.05) is 18.2 Å². The minimum Gasteiger partial charge on any atom is -0.390 e. The highest BCUT2D eigenvalue weighted by atomic mass is 32.2. The summed E-state index contributed by atoms with van der Waals surface area (Å²) in [6.45, 7) is 0. The number of rotatable bonds is 0. The average molecular weight is 181 g/mol. The smallest absolute Gasteiger partial charge is 0.0826 e. The topological polar surface area (TPSA) is 46.2 Å². The van der Waals surface area contributed by atoms with Crippen molar-refractivity contribution in [1.29, 1.82) is 0 Å². The fraction of sp³-hybridized carbons (Fsp3) is 0.333. The summed E-state index contributed by atoms with van der Waals surface area (Å²) in [6, 6.07) is 7.77. The molecule has 1 aliphatic heterocycles. The Hall–Kier alpha value is -0.510. The molecule has 0 bridgehead atoms. The van der Waals surface area contributed by atoms with Crippen LogP contribution in [-0.4, -0.2) is 17.0 Å². The van der Waals surface area contributed by atoms with E-state index in [1.165, 1.54) is 4.90 Å². The molecule has 12 heavy (non-hydrogen) atoms. The molecule has 0 aromatic heterocycles. The van der Waals surface area contributed by atoms with Crippen LogP contribution in [0.15, 0.2) is 29.2 Å². The lowest BCUT2D eigenvalue weighted by atomic mass is 10.0. The summed E-state index contributed by atoms with van der Waals surface area (Å²) in [6.07, 6.45) is -0.398. The molecule has 1 aliphatic rings. The van der Waals surface area contributed by atoms with Gasteiger partial charge in [-0.25, -0.2) is 0 Å². The molecule has 1 aromatic carbocycles. The van der Waals surface area contributed by atoms with Gasteiger partial charge in [0.2, 0.25) is 0 Å². The summed E-state index contributed by atoms with van der Waals surface area (Å²) in [5, 5.41) is 9.48. The molecule has 0 unspecified atom stereocenters. The molecule has 0 radical (unpaired) electrons. The van der Waals surface area contributed by atoms with Crippen LogP contribution < -0.4 is 5.73 Å². The Labute approximate surface area is 75.8 Å². The lowest BCUT2D eigenvalue weighted by molar-refractivity contribution is 0.165. The van der Waals surface area contributed by atoms with Crippen molar-refractivity contribution in [2.45, 2.75) is 17.0 Å². The second kappa shape index (κ2) is 3.09. The lowest BCUT2D eigenvalue weighted by Gasteiger charge is -2.26. The molecule has 0 aliphatic carbocycles. The first kappa shape index (κ1) is 8.10. The van der Waals surface area contributed by atoms with E-state index in [9.17, 15) is 5.11 Å². The maximum absolute atomic E-state index is 9.48. The number of thioether (sulfide) groups is 1. The van der Waals surface area contributed by atoms with Crippen LogP contribution in [0.4, 0.5) is 0 Å². The molecule has 0 fully saturated rings. The van der Waals surface area contributed by atoms with Crippen molar-refractivity contribution >= 4 is 11.8 Å². The van der Waals surface area contributed by atoms with E-state index in [-0.39, 0.29) is 6.04 Å². The van der Waals surface area contributed by atoms with Gasteiger partial charge < -0.3 is 10.8 Å². The minimum absolute atomic E-state index is 0.206. The van der Waals surface area contributed by atoms with Gasteiger partial charge in [-0.15, -0.1) is 11.8 Å². The van der Waals surface area contributed by atoms with Gasteiger partial charge in [-0.05, 0) is 11.6 Å². The van der Waals surface area contributed by atoms with Crippen LogP contribution in [0.5, 0.6) is 0 Å². The fourth-order valence-electron chi connectivity index (χ4n) is 1.37. The van der Waals surface area contributed by atoms with Crippen molar-refractivity contribution in [1.82, 2.24) is 0 Å². The SMILES string of the molecule is N[C@@H]1c2ccccc2SC[C@@H]1O. The van der Waals surface area contributed by atoms with Gasteiger partial charge in [0.1, 0.15) is 0 Å². The molecule has 2 atom stereocenters. The summed E-state index contributed by atoms with van der Waals surface area (Å²) in [5.74, 6) is 0.707. The zero-order chi connectivity index (χ0) is 8.55. The van der Waals surface area contributed by atoms with E-state index in [2.05, 4.69) is 0 Å². The summed E-state index contributed by atoms with van der Waals surface area (Å²) >= 11 is 1.67. The Kier molecular flexibility index (Phi) is 2.09. The summed E-state index contributed by atoms with van der Waals surface area (Å²) in [5.41, 5.74) is 6.90. The van der Waals surface area contributed by atoms with E-state index in [1.807, 2.05) is 24.3 Å². The Morgan fingerprint density at radius 2 is 2.17 bits per heavy atom. The zero-order valence-electron chi connectivity index (χ0n) is 6.60. The first-order chi connectivity index (χ1) is 5.79. The first-order valence-electron chi connectivity index (χ1n) is 3.94. The fourth-order valence-corrected chi connectivity index (χ4v) is 2.48. The quantitative estimate of drug-likeness (QED) is 0.631. The third-order valence-corrected chi connectivity index (χ3v) is 3.29. The van der Waals surface area contributed by atoms with E-state index < -0.39 is 6.10 Å². The van der Waals surface area contributed by atoms with Gasteiger partial charge in [0, 0.05) is 10.6 Å². The molecular formula is C9H11NOS. The van der Waals surface area contributed by atoms with Crippen LogP contribution in [0, 0.1) is 0 Å². The number of hydrogen-bond acceptors (Lipinski definition) is 3. The zero-order valence-corrected chi connectivity index (χ0v) is 7.42. The number of benzene rings is 1. The number of aliphatic hydroxyl groups excluding tert-OH is 1. The average Bonchev–Trinajstić information content (AvgIpc) is 2.12. The number of nitrogens with two attached hydrogens (primary N) is 1. The van der Waals surface area contributed by atoms with Gasteiger partial charge in [-0.2, -0.15) is 0 Å². The molecule has 64 valence electrons. The monoisotopic (exact) mass is 181 g/mol. The Morgan fingerprint density at radius 3 is 3.00 bits per heavy atom. The van der Waals surface area contributed by atoms with Crippen molar-refractivity contribution in [2.24, 2.45) is 5.73 Å². The first-order valence-corrected chi connectivity index (χ1v) is 4.93. The molecule has 0 spiro atoms. The van der Waals surface area contributed by atoms with Crippen LogP contribution >= 0.6 is 11.8 Å². The van der Waals surface area contributed by atoms with E-state index in [0.29, 0.717) is 5.75 Å². The molecule has 0 amide bonds. The Bertz CT molecular complexity index is 290. The molecule has 0 saturated heterocycles. The molecule has 0 saturated carbocycles. The van der Waals surface area contributed by atoms with E-state index in [1.54, 1.807) is 11.8 Å². The number of fused-ring (bicyclic) bond motifs is 1.